The van der Waals surface area contributed by atoms with Crippen molar-refractivity contribution in [2.24, 2.45) is 0 Å². The Kier molecular flexibility index (Phi) is 5.46. The predicted molar refractivity (Wildman–Crippen MR) is 113 cm³/mol. The summed E-state index contributed by atoms with van der Waals surface area (Å²) in [6.45, 7) is -0.0153. The molecule has 0 spiro atoms. The fourth-order valence-corrected chi connectivity index (χ4v) is 3.64. The van der Waals surface area contributed by atoms with Crippen molar-refractivity contribution in [2.45, 2.75) is 12.6 Å². The highest BCUT2D eigenvalue weighted by atomic mass is 16.6. The standard InChI is InChI=1S/C23H18N2O7/c1-31-17-10-6-15(7-11-17)21(26)19-20(14-4-8-16(9-5-14)25(29)30)24(23(28)22(19)27)13-18-3-2-12-32-18/h2-12,20,26H,13H2,1H3/t20-/m1/s1. The predicted octanol–water partition coefficient (Wildman–Crippen LogP) is 3.82. The number of aliphatic hydroxyl groups excluding tert-OH is 1. The molecule has 162 valence electrons. The SMILES string of the molecule is COc1ccc(C(O)=C2C(=O)C(=O)N(Cc3ccco3)[C@@H]2c2ccc([N+](=O)[O-])cc2)cc1. The zero-order chi connectivity index (χ0) is 22.8. The summed E-state index contributed by atoms with van der Waals surface area (Å²) in [5.74, 6) is -1.00. The van der Waals surface area contributed by atoms with Gasteiger partial charge in [-0.15, -0.1) is 0 Å². The molecule has 2 aromatic carbocycles. The molecule has 1 aliphatic heterocycles. The Labute approximate surface area is 182 Å². The first-order chi connectivity index (χ1) is 15.4. The number of furan rings is 1. The Bertz CT molecular complexity index is 1200. The van der Waals surface area contributed by atoms with Crippen LogP contribution in [0.25, 0.3) is 5.76 Å². The van der Waals surface area contributed by atoms with Crippen LogP contribution in [-0.4, -0.2) is 33.7 Å². The molecule has 0 saturated carbocycles. The van der Waals surface area contributed by atoms with Crippen LogP contribution in [0, 0.1) is 10.1 Å². The van der Waals surface area contributed by atoms with Crippen LogP contribution in [0.15, 0.2) is 76.9 Å². The summed E-state index contributed by atoms with van der Waals surface area (Å²) in [5, 5.41) is 22.0. The van der Waals surface area contributed by atoms with E-state index in [0.29, 0.717) is 22.6 Å². The number of non-ortho nitro benzene ring substituents is 1. The van der Waals surface area contributed by atoms with Crippen LogP contribution in [0.1, 0.15) is 22.9 Å². The van der Waals surface area contributed by atoms with Gasteiger partial charge in [0.15, 0.2) is 0 Å². The minimum Gasteiger partial charge on any atom is -0.507 e. The number of hydrogen-bond donors (Lipinski definition) is 1. The number of aliphatic hydroxyl groups is 1. The quantitative estimate of drug-likeness (QED) is 0.206. The number of hydrogen-bond acceptors (Lipinski definition) is 7. The summed E-state index contributed by atoms with van der Waals surface area (Å²) in [6.07, 6.45) is 1.45. The lowest BCUT2D eigenvalue weighted by molar-refractivity contribution is -0.384. The molecule has 9 nitrogen and oxygen atoms in total. The first kappa shape index (κ1) is 20.9. The van der Waals surface area contributed by atoms with Crippen molar-refractivity contribution in [2.75, 3.05) is 7.11 Å². The third kappa shape index (κ3) is 3.71. The number of likely N-dealkylation sites (tertiary alicyclic amines) is 1. The van der Waals surface area contributed by atoms with Gasteiger partial charge in [-0.05, 0) is 54.1 Å². The summed E-state index contributed by atoms with van der Waals surface area (Å²) >= 11 is 0. The third-order valence-electron chi connectivity index (χ3n) is 5.23. The van der Waals surface area contributed by atoms with E-state index in [9.17, 15) is 24.8 Å². The van der Waals surface area contributed by atoms with E-state index in [1.165, 1.54) is 42.5 Å². The maximum atomic E-state index is 13.0. The zero-order valence-electron chi connectivity index (χ0n) is 16.9. The minimum atomic E-state index is -0.956. The maximum absolute atomic E-state index is 13.0. The molecule has 1 aliphatic rings. The van der Waals surface area contributed by atoms with Crippen molar-refractivity contribution >= 4 is 23.1 Å². The molecule has 1 fully saturated rings. The van der Waals surface area contributed by atoms with E-state index < -0.39 is 22.7 Å². The number of carbonyl (C=O) groups is 2. The molecule has 1 N–H and O–H groups in total. The van der Waals surface area contributed by atoms with E-state index >= 15 is 0 Å². The number of methoxy groups -OCH3 is 1. The van der Waals surface area contributed by atoms with Crippen molar-refractivity contribution in [1.82, 2.24) is 4.90 Å². The van der Waals surface area contributed by atoms with E-state index in [4.69, 9.17) is 9.15 Å². The van der Waals surface area contributed by atoms with E-state index in [-0.39, 0.29) is 23.6 Å². The number of nitrogens with zero attached hydrogens (tertiary/aromatic N) is 2. The first-order valence-electron chi connectivity index (χ1n) is 9.60. The van der Waals surface area contributed by atoms with Gasteiger partial charge in [0.05, 0.1) is 36.5 Å². The van der Waals surface area contributed by atoms with Gasteiger partial charge in [-0.2, -0.15) is 0 Å². The number of nitro groups is 1. The van der Waals surface area contributed by atoms with Crippen LogP contribution in [-0.2, 0) is 16.1 Å². The van der Waals surface area contributed by atoms with Crippen LogP contribution < -0.4 is 4.74 Å². The second-order valence-electron chi connectivity index (χ2n) is 7.08. The number of benzene rings is 2. The second kappa shape index (κ2) is 8.38. The monoisotopic (exact) mass is 434 g/mol. The molecule has 32 heavy (non-hydrogen) atoms. The molecular weight excluding hydrogens is 416 g/mol. The van der Waals surface area contributed by atoms with Crippen LogP contribution in [0.5, 0.6) is 5.75 Å². The molecule has 0 radical (unpaired) electrons. The lowest BCUT2D eigenvalue weighted by Gasteiger charge is -2.24. The first-order valence-corrected chi connectivity index (χ1v) is 9.60. The van der Waals surface area contributed by atoms with Gasteiger partial charge in [0.1, 0.15) is 17.3 Å². The molecule has 1 amide bonds. The molecule has 0 aliphatic carbocycles. The number of nitro benzene ring substituents is 1. The number of Topliss-reactive ketones (excluding diaryl/α,β-unsaturated/α-hetero) is 1. The van der Waals surface area contributed by atoms with Crippen molar-refractivity contribution in [1.29, 1.82) is 0 Å². The van der Waals surface area contributed by atoms with Gasteiger partial charge in [0.25, 0.3) is 17.4 Å². The summed E-state index contributed by atoms with van der Waals surface area (Å²) < 4.78 is 10.4. The molecule has 0 bridgehead atoms. The molecule has 2 heterocycles. The van der Waals surface area contributed by atoms with Gasteiger partial charge >= 0.3 is 0 Å². The van der Waals surface area contributed by atoms with Crippen molar-refractivity contribution < 1.29 is 28.8 Å². The van der Waals surface area contributed by atoms with Crippen LogP contribution in [0.3, 0.4) is 0 Å². The number of ether oxygens (including phenoxy) is 1. The third-order valence-corrected chi connectivity index (χ3v) is 5.23. The van der Waals surface area contributed by atoms with Gasteiger partial charge in [0.2, 0.25) is 0 Å². The van der Waals surface area contributed by atoms with Crippen LogP contribution in [0.4, 0.5) is 5.69 Å². The van der Waals surface area contributed by atoms with E-state index in [2.05, 4.69) is 0 Å². The molecule has 9 heteroatoms. The summed E-state index contributed by atoms with van der Waals surface area (Å²) in [7, 11) is 1.50. The Morgan fingerprint density at radius 1 is 1.12 bits per heavy atom. The van der Waals surface area contributed by atoms with Gasteiger partial charge in [0, 0.05) is 17.7 Å². The van der Waals surface area contributed by atoms with Gasteiger partial charge in [-0.3, -0.25) is 19.7 Å². The normalized spacial score (nSPS) is 17.5. The molecular formula is C23H18N2O7. The second-order valence-corrected chi connectivity index (χ2v) is 7.08. The summed E-state index contributed by atoms with van der Waals surface area (Å²) in [4.78, 5) is 37.6. The van der Waals surface area contributed by atoms with Gasteiger partial charge < -0.3 is 19.2 Å². The summed E-state index contributed by atoms with van der Waals surface area (Å²) in [5.41, 5.74) is 0.526. The van der Waals surface area contributed by atoms with Crippen LogP contribution in [0.2, 0.25) is 0 Å². The Morgan fingerprint density at radius 3 is 2.38 bits per heavy atom. The highest BCUT2D eigenvalue weighted by Gasteiger charge is 2.46. The number of ketones is 1. The smallest absolute Gasteiger partial charge is 0.296 e. The lowest BCUT2D eigenvalue weighted by Crippen LogP contribution is -2.29. The molecule has 1 atom stereocenters. The lowest BCUT2D eigenvalue weighted by atomic mass is 9.95. The van der Waals surface area contributed by atoms with E-state index in [1.54, 1.807) is 36.4 Å². The van der Waals surface area contributed by atoms with Crippen LogP contribution >= 0.6 is 0 Å². The number of rotatable bonds is 6. The fourth-order valence-electron chi connectivity index (χ4n) is 3.64. The zero-order valence-corrected chi connectivity index (χ0v) is 16.9. The number of carbonyl (C=O) groups excluding carboxylic acids is 2. The molecule has 3 aromatic rings. The van der Waals surface area contributed by atoms with Gasteiger partial charge in [-0.25, -0.2) is 0 Å². The van der Waals surface area contributed by atoms with Gasteiger partial charge in [-0.1, -0.05) is 0 Å². The maximum Gasteiger partial charge on any atom is 0.296 e. The Balaban J connectivity index is 1.84. The largest absolute Gasteiger partial charge is 0.507 e. The molecule has 4 rings (SSSR count). The average Bonchev–Trinajstić information content (AvgIpc) is 3.41. The molecule has 0 unspecified atom stereocenters. The number of amides is 1. The molecule has 1 saturated heterocycles. The Hall–Kier alpha value is -4.40. The Morgan fingerprint density at radius 2 is 1.81 bits per heavy atom. The molecule has 1 aromatic heterocycles. The van der Waals surface area contributed by atoms with Crippen molar-refractivity contribution in [3.05, 3.63) is 99.5 Å². The fraction of sp³-hybridized carbons (Fsp3) is 0.130. The highest BCUT2D eigenvalue weighted by molar-refractivity contribution is 6.46. The average molecular weight is 434 g/mol. The van der Waals surface area contributed by atoms with Crippen molar-refractivity contribution in [3.63, 3.8) is 0 Å². The van der Waals surface area contributed by atoms with E-state index in [1.807, 2.05) is 0 Å². The minimum absolute atomic E-state index is 0.0153. The summed E-state index contributed by atoms with van der Waals surface area (Å²) in [6, 6.07) is 14.2. The van der Waals surface area contributed by atoms with Crippen molar-refractivity contribution in [3.8, 4) is 5.75 Å². The van der Waals surface area contributed by atoms with E-state index in [0.717, 1.165) is 0 Å². The topological polar surface area (TPSA) is 123 Å². The highest BCUT2D eigenvalue weighted by Crippen LogP contribution is 2.40.